The van der Waals surface area contributed by atoms with Gasteiger partial charge >= 0.3 is 0 Å². The zero-order valence-electron chi connectivity index (χ0n) is 13.5. The van der Waals surface area contributed by atoms with E-state index in [4.69, 9.17) is 9.72 Å². The van der Waals surface area contributed by atoms with E-state index >= 15 is 0 Å². The Morgan fingerprint density at radius 2 is 1.92 bits per heavy atom. The van der Waals surface area contributed by atoms with Gasteiger partial charge in [-0.25, -0.2) is 4.98 Å². The molecule has 2 aromatic heterocycles. The van der Waals surface area contributed by atoms with Gasteiger partial charge in [0.15, 0.2) is 5.13 Å². The van der Waals surface area contributed by atoms with Crippen LogP contribution in [0.2, 0.25) is 0 Å². The Balaban J connectivity index is 1.64. The van der Waals surface area contributed by atoms with Crippen molar-refractivity contribution >= 4 is 34.1 Å². The van der Waals surface area contributed by atoms with Crippen LogP contribution in [0, 0.1) is 0 Å². The number of carbonyl (C=O) groups is 1. The number of benzene rings is 1. The summed E-state index contributed by atoms with van der Waals surface area (Å²) in [4.78, 5) is 23.0. The number of pyridine rings is 1. The van der Waals surface area contributed by atoms with Gasteiger partial charge < -0.3 is 4.74 Å². The second-order valence-corrected chi connectivity index (χ2v) is 7.36. The first-order valence-corrected chi connectivity index (χ1v) is 9.62. The van der Waals surface area contributed by atoms with Crippen LogP contribution in [-0.4, -0.2) is 28.7 Å². The van der Waals surface area contributed by atoms with E-state index < -0.39 is 0 Å². The van der Waals surface area contributed by atoms with E-state index in [0.29, 0.717) is 5.75 Å². The third-order valence-electron chi connectivity index (χ3n) is 3.94. The third-order valence-corrected chi connectivity index (χ3v) is 6.00. The SMILES string of the molecule is COc1ccc(-c2csc(N3C(=O)CS[C@@H]3c3ccncc3)n2)cc1. The van der Waals surface area contributed by atoms with E-state index in [9.17, 15) is 4.79 Å². The molecule has 0 saturated carbocycles. The molecule has 126 valence electrons. The normalized spacial score (nSPS) is 17.1. The number of rotatable bonds is 4. The van der Waals surface area contributed by atoms with Crippen molar-refractivity contribution < 1.29 is 9.53 Å². The van der Waals surface area contributed by atoms with E-state index in [1.807, 2.05) is 41.8 Å². The molecule has 0 bridgehead atoms. The van der Waals surface area contributed by atoms with Crippen molar-refractivity contribution in [3.05, 3.63) is 59.7 Å². The van der Waals surface area contributed by atoms with Crippen LogP contribution in [0.4, 0.5) is 5.13 Å². The number of carbonyl (C=O) groups excluding carboxylic acids is 1. The van der Waals surface area contributed by atoms with Crippen LogP contribution in [0.25, 0.3) is 11.3 Å². The summed E-state index contributed by atoms with van der Waals surface area (Å²) in [6.07, 6.45) is 3.50. The van der Waals surface area contributed by atoms with Gasteiger partial charge in [0.2, 0.25) is 5.91 Å². The van der Waals surface area contributed by atoms with Crippen molar-refractivity contribution in [2.24, 2.45) is 0 Å². The van der Waals surface area contributed by atoms with Gasteiger partial charge in [0, 0.05) is 23.3 Å². The smallest absolute Gasteiger partial charge is 0.240 e. The maximum Gasteiger partial charge on any atom is 0.240 e. The molecule has 3 aromatic rings. The summed E-state index contributed by atoms with van der Waals surface area (Å²) in [6, 6.07) is 11.6. The fourth-order valence-electron chi connectivity index (χ4n) is 2.67. The molecule has 0 aliphatic carbocycles. The molecule has 7 heteroatoms. The molecule has 5 nitrogen and oxygen atoms in total. The minimum atomic E-state index is -0.0506. The van der Waals surface area contributed by atoms with Gasteiger partial charge in [-0.2, -0.15) is 0 Å². The first-order valence-electron chi connectivity index (χ1n) is 7.70. The minimum Gasteiger partial charge on any atom is -0.497 e. The molecule has 1 aliphatic rings. The summed E-state index contributed by atoms with van der Waals surface area (Å²) in [5.74, 6) is 1.36. The number of nitrogens with zero attached hydrogens (tertiary/aromatic N) is 3. The maximum absolute atomic E-state index is 12.4. The van der Waals surface area contributed by atoms with Gasteiger partial charge in [-0.3, -0.25) is 14.7 Å². The highest BCUT2D eigenvalue weighted by molar-refractivity contribution is 8.00. The van der Waals surface area contributed by atoms with E-state index in [2.05, 4.69) is 4.98 Å². The van der Waals surface area contributed by atoms with Crippen LogP contribution >= 0.6 is 23.1 Å². The first kappa shape index (κ1) is 16.1. The molecule has 1 amide bonds. The standard InChI is InChI=1S/C18H15N3O2S2/c1-23-14-4-2-12(3-5-14)15-10-25-18(20-15)21-16(22)11-24-17(21)13-6-8-19-9-7-13/h2-10,17H,11H2,1H3/t17-/m1/s1. The lowest BCUT2D eigenvalue weighted by Gasteiger charge is -2.21. The molecule has 4 rings (SSSR count). The molecule has 1 fully saturated rings. The molecule has 0 radical (unpaired) electrons. The molecule has 1 aromatic carbocycles. The fraction of sp³-hybridized carbons (Fsp3) is 0.167. The number of amides is 1. The largest absolute Gasteiger partial charge is 0.497 e. The van der Waals surface area contributed by atoms with Gasteiger partial charge in [0.1, 0.15) is 11.1 Å². The van der Waals surface area contributed by atoms with Crippen LogP contribution in [0.3, 0.4) is 0 Å². The number of thiazole rings is 1. The third kappa shape index (κ3) is 3.12. The maximum atomic E-state index is 12.4. The predicted octanol–water partition coefficient (Wildman–Crippen LogP) is 3.99. The number of hydrogen-bond acceptors (Lipinski definition) is 6. The molecule has 3 heterocycles. The van der Waals surface area contributed by atoms with Crippen LogP contribution in [0.15, 0.2) is 54.2 Å². The Hall–Kier alpha value is -2.38. The van der Waals surface area contributed by atoms with Crippen molar-refractivity contribution in [3.8, 4) is 17.0 Å². The first-order chi connectivity index (χ1) is 12.3. The number of methoxy groups -OCH3 is 1. The highest BCUT2D eigenvalue weighted by atomic mass is 32.2. The Morgan fingerprint density at radius 3 is 2.64 bits per heavy atom. The van der Waals surface area contributed by atoms with E-state index in [0.717, 1.165) is 27.7 Å². The van der Waals surface area contributed by atoms with Gasteiger partial charge in [-0.05, 0) is 42.0 Å². The van der Waals surface area contributed by atoms with Crippen LogP contribution in [0.5, 0.6) is 5.75 Å². The quantitative estimate of drug-likeness (QED) is 0.696. The van der Waals surface area contributed by atoms with Crippen molar-refractivity contribution in [2.45, 2.75) is 5.37 Å². The van der Waals surface area contributed by atoms with Crippen molar-refractivity contribution in [1.82, 2.24) is 9.97 Å². The minimum absolute atomic E-state index is 0.0506. The highest BCUT2D eigenvalue weighted by Gasteiger charge is 2.35. The molecular weight excluding hydrogens is 354 g/mol. The molecular formula is C18H15N3O2S2. The molecule has 1 saturated heterocycles. The average molecular weight is 369 g/mol. The Morgan fingerprint density at radius 1 is 1.16 bits per heavy atom. The molecule has 1 atom stereocenters. The molecule has 1 aliphatic heterocycles. The van der Waals surface area contributed by atoms with Crippen LogP contribution < -0.4 is 9.64 Å². The average Bonchev–Trinajstić information content (AvgIpc) is 3.29. The van der Waals surface area contributed by atoms with Gasteiger partial charge in [-0.15, -0.1) is 23.1 Å². The summed E-state index contributed by atoms with van der Waals surface area (Å²) in [5.41, 5.74) is 2.93. The molecule has 0 N–H and O–H groups in total. The zero-order chi connectivity index (χ0) is 17.2. The van der Waals surface area contributed by atoms with Gasteiger partial charge in [0.05, 0.1) is 18.6 Å². The lowest BCUT2D eigenvalue weighted by molar-refractivity contribution is -0.115. The predicted molar refractivity (Wildman–Crippen MR) is 101 cm³/mol. The topological polar surface area (TPSA) is 55.3 Å². The summed E-state index contributed by atoms with van der Waals surface area (Å²) in [7, 11) is 1.64. The van der Waals surface area contributed by atoms with Gasteiger partial charge in [0.25, 0.3) is 0 Å². The number of ether oxygens (including phenoxy) is 1. The van der Waals surface area contributed by atoms with Gasteiger partial charge in [-0.1, -0.05) is 0 Å². The summed E-state index contributed by atoms with van der Waals surface area (Å²) < 4.78 is 5.19. The summed E-state index contributed by atoms with van der Waals surface area (Å²) in [5, 5.41) is 2.66. The summed E-state index contributed by atoms with van der Waals surface area (Å²) in [6.45, 7) is 0. The van der Waals surface area contributed by atoms with Crippen LogP contribution in [-0.2, 0) is 4.79 Å². The molecule has 25 heavy (non-hydrogen) atoms. The monoisotopic (exact) mass is 369 g/mol. The summed E-state index contributed by atoms with van der Waals surface area (Å²) >= 11 is 3.10. The van der Waals surface area contributed by atoms with Crippen molar-refractivity contribution in [3.63, 3.8) is 0 Å². The Labute approximate surface area is 153 Å². The zero-order valence-corrected chi connectivity index (χ0v) is 15.1. The lowest BCUT2D eigenvalue weighted by atomic mass is 10.2. The van der Waals surface area contributed by atoms with E-state index in [-0.39, 0.29) is 11.3 Å². The highest BCUT2D eigenvalue weighted by Crippen LogP contribution is 2.43. The van der Waals surface area contributed by atoms with Crippen molar-refractivity contribution in [2.75, 3.05) is 17.8 Å². The number of hydrogen-bond donors (Lipinski definition) is 0. The van der Waals surface area contributed by atoms with Crippen LogP contribution in [0.1, 0.15) is 10.9 Å². The number of aromatic nitrogens is 2. The molecule has 0 spiro atoms. The van der Waals surface area contributed by atoms with E-state index in [1.165, 1.54) is 11.3 Å². The fourth-order valence-corrected chi connectivity index (χ4v) is 4.77. The number of anilines is 1. The Kier molecular flexibility index (Phi) is 4.42. The molecule has 0 unspecified atom stereocenters. The number of thioether (sulfide) groups is 1. The second kappa shape index (κ2) is 6.85. The lowest BCUT2D eigenvalue weighted by Crippen LogP contribution is -2.27. The second-order valence-electron chi connectivity index (χ2n) is 5.45. The van der Waals surface area contributed by atoms with E-state index in [1.54, 1.807) is 36.2 Å². The van der Waals surface area contributed by atoms with Crippen molar-refractivity contribution in [1.29, 1.82) is 0 Å². The Bertz CT molecular complexity index is 881.